The van der Waals surface area contributed by atoms with Crippen molar-refractivity contribution < 1.29 is 0 Å². The average Bonchev–Trinajstić information content (AvgIpc) is 2.91. The molecule has 3 aromatic rings. The van der Waals surface area contributed by atoms with Crippen LogP contribution >= 0.6 is 11.3 Å². The van der Waals surface area contributed by atoms with Crippen molar-refractivity contribution in [2.75, 3.05) is 0 Å². The van der Waals surface area contributed by atoms with Crippen molar-refractivity contribution in [2.45, 2.75) is 20.4 Å². The number of hydrogen-bond donors (Lipinski definition) is 0. The van der Waals surface area contributed by atoms with Gasteiger partial charge in [-0.05, 0) is 32.0 Å². The van der Waals surface area contributed by atoms with Crippen LogP contribution in [0, 0.1) is 6.92 Å². The second-order valence-corrected chi connectivity index (χ2v) is 5.05. The summed E-state index contributed by atoms with van der Waals surface area (Å²) in [5.41, 5.74) is 2.11. The summed E-state index contributed by atoms with van der Waals surface area (Å²) < 4.78 is 3.11. The zero-order valence-electron chi connectivity index (χ0n) is 9.71. The highest BCUT2D eigenvalue weighted by Gasteiger charge is 2.08. The molecule has 0 bridgehead atoms. The van der Waals surface area contributed by atoms with Crippen LogP contribution in [0.3, 0.4) is 0 Å². The standard InChI is InChI=1S/C12H12N4S/c1-3-16-12(13-7-14-16)9-4-5-11-10(6-9)15-8(2)17-11/h4-7H,3H2,1-2H3. The van der Waals surface area contributed by atoms with E-state index in [1.165, 1.54) is 4.70 Å². The van der Waals surface area contributed by atoms with Crippen LogP contribution < -0.4 is 0 Å². The van der Waals surface area contributed by atoms with E-state index in [0.717, 1.165) is 28.5 Å². The number of nitrogens with zero attached hydrogens (tertiary/aromatic N) is 4. The van der Waals surface area contributed by atoms with Gasteiger partial charge in [-0.2, -0.15) is 5.10 Å². The molecule has 0 fully saturated rings. The maximum absolute atomic E-state index is 4.50. The van der Waals surface area contributed by atoms with Gasteiger partial charge in [0.05, 0.1) is 15.2 Å². The fraction of sp³-hybridized carbons (Fsp3) is 0.250. The second-order valence-electron chi connectivity index (χ2n) is 3.81. The van der Waals surface area contributed by atoms with Crippen molar-refractivity contribution in [1.29, 1.82) is 0 Å². The third-order valence-corrected chi connectivity index (χ3v) is 3.62. The third kappa shape index (κ3) is 1.72. The Morgan fingerprint density at radius 3 is 3.06 bits per heavy atom. The van der Waals surface area contributed by atoms with E-state index in [1.807, 2.05) is 11.6 Å². The van der Waals surface area contributed by atoms with Crippen molar-refractivity contribution in [1.82, 2.24) is 19.7 Å². The number of aromatic nitrogens is 4. The molecular formula is C12H12N4S. The van der Waals surface area contributed by atoms with Gasteiger partial charge in [0.25, 0.3) is 0 Å². The average molecular weight is 244 g/mol. The highest BCUT2D eigenvalue weighted by atomic mass is 32.1. The largest absolute Gasteiger partial charge is 0.246 e. The fourth-order valence-corrected chi connectivity index (χ4v) is 2.71. The van der Waals surface area contributed by atoms with Gasteiger partial charge in [0, 0.05) is 12.1 Å². The van der Waals surface area contributed by atoms with E-state index in [-0.39, 0.29) is 0 Å². The summed E-state index contributed by atoms with van der Waals surface area (Å²) in [4.78, 5) is 8.80. The summed E-state index contributed by atoms with van der Waals surface area (Å²) in [5.74, 6) is 0.903. The van der Waals surface area contributed by atoms with Crippen molar-refractivity contribution in [2.24, 2.45) is 0 Å². The van der Waals surface area contributed by atoms with Gasteiger partial charge < -0.3 is 0 Å². The Kier molecular flexibility index (Phi) is 2.40. The minimum atomic E-state index is 0.823. The van der Waals surface area contributed by atoms with E-state index in [0.29, 0.717) is 0 Å². The first-order chi connectivity index (χ1) is 8.28. The van der Waals surface area contributed by atoms with E-state index in [9.17, 15) is 0 Å². The lowest BCUT2D eigenvalue weighted by atomic mass is 10.2. The molecule has 0 aliphatic rings. The fourth-order valence-electron chi connectivity index (χ4n) is 1.90. The molecule has 0 aliphatic heterocycles. The van der Waals surface area contributed by atoms with Crippen molar-refractivity contribution in [3.8, 4) is 11.4 Å². The van der Waals surface area contributed by atoms with Gasteiger partial charge in [0.15, 0.2) is 5.82 Å². The van der Waals surface area contributed by atoms with Gasteiger partial charge in [-0.1, -0.05) is 0 Å². The Bertz CT molecular complexity index is 668. The summed E-state index contributed by atoms with van der Waals surface area (Å²) in [5, 5.41) is 5.28. The number of aryl methyl sites for hydroxylation is 2. The molecule has 2 aromatic heterocycles. The highest BCUT2D eigenvalue weighted by Crippen LogP contribution is 2.26. The third-order valence-electron chi connectivity index (χ3n) is 2.67. The number of benzene rings is 1. The minimum Gasteiger partial charge on any atom is -0.246 e. The van der Waals surface area contributed by atoms with Crippen LogP contribution in [-0.2, 0) is 6.54 Å². The first-order valence-electron chi connectivity index (χ1n) is 5.53. The molecule has 2 heterocycles. The van der Waals surface area contributed by atoms with E-state index in [2.05, 4.69) is 40.2 Å². The molecule has 17 heavy (non-hydrogen) atoms. The zero-order valence-corrected chi connectivity index (χ0v) is 10.5. The maximum atomic E-state index is 4.50. The molecule has 5 heteroatoms. The number of thiazole rings is 1. The smallest absolute Gasteiger partial charge is 0.158 e. The van der Waals surface area contributed by atoms with Crippen LogP contribution in [0.4, 0.5) is 0 Å². The van der Waals surface area contributed by atoms with Crippen LogP contribution in [0.2, 0.25) is 0 Å². The Morgan fingerprint density at radius 2 is 2.24 bits per heavy atom. The summed E-state index contributed by atoms with van der Waals surface area (Å²) in [6.45, 7) is 4.91. The quantitative estimate of drug-likeness (QED) is 0.696. The molecule has 0 N–H and O–H groups in total. The predicted octanol–water partition coefficient (Wildman–Crippen LogP) is 2.88. The molecule has 0 spiro atoms. The Hall–Kier alpha value is -1.75. The van der Waals surface area contributed by atoms with Crippen LogP contribution in [0.15, 0.2) is 24.5 Å². The number of rotatable bonds is 2. The summed E-state index contributed by atoms with van der Waals surface area (Å²) in [7, 11) is 0. The topological polar surface area (TPSA) is 43.6 Å². The van der Waals surface area contributed by atoms with E-state index >= 15 is 0 Å². The van der Waals surface area contributed by atoms with Crippen LogP contribution in [-0.4, -0.2) is 19.7 Å². The summed E-state index contributed by atoms with van der Waals surface area (Å²) in [6.07, 6.45) is 1.59. The van der Waals surface area contributed by atoms with E-state index in [1.54, 1.807) is 17.7 Å². The Morgan fingerprint density at radius 1 is 1.35 bits per heavy atom. The van der Waals surface area contributed by atoms with E-state index < -0.39 is 0 Å². The molecule has 0 unspecified atom stereocenters. The molecule has 0 saturated heterocycles. The molecule has 86 valence electrons. The summed E-state index contributed by atoms with van der Waals surface area (Å²) >= 11 is 1.71. The van der Waals surface area contributed by atoms with Gasteiger partial charge >= 0.3 is 0 Å². The van der Waals surface area contributed by atoms with Crippen molar-refractivity contribution in [3.63, 3.8) is 0 Å². The lowest BCUT2D eigenvalue weighted by Crippen LogP contribution is -1.99. The highest BCUT2D eigenvalue weighted by molar-refractivity contribution is 7.18. The van der Waals surface area contributed by atoms with E-state index in [4.69, 9.17) is 0 Å². The molecule has 0 aliphatic carbocycles. The monoisotopic (exact) mass is 244 g/mol. The minimum absolute atomic E-state index is 0.823. The first kappa shape index (κ1) is 10.4. The lowest BCUT2D eigenvalue weighted by Gasteiger charge is -2.02. The molecule has 4 nitrogen and oxygen atoms in total. The van der Waals surface area contributed by atoms with Gasteiger partial charge in [0.2, 0.25) is 0 Å². The van der Waals surface area contributed by atoms with Gasteiger partial charge in [-0.25, -0.2) is 14.6 Å². The molecule has 0 saturated carbocycles. The predicted molar refractivity (Wildman–Crippen MR) is 69.0 cm³/mol. The Labute approximate surface area is 103 Å². The van der Waals surface area contributed by atoms with Gasteiger partial charge in [-0.3, -0.25) is 0 Å². The first-order valence-corrected chi connectivity index (χ1v) is 6.35. The number of fused-ring (bicyclic) bond motifs is 1. The SMILES string of the molecule is CCn1ncnc1-c1ccc2sc(C)nc2c1. The maximum Gasteiger partial charge on any atom is 0.158 e. The van der Waals surface area contributed by atoms with Crippen LogP contribution in [0.1, 0.15) is 11.9 Å². The van der Waals surface area contributed by atoms with Crippen molar-refractivity contribution >= 4 is 21.6 Å². The van der Waals surface area contributed by atoms with Crippen LogP contribution in [0.25, 0.3) is 21.6 Å². The molecule has 0 radical (unpaired) electrons. The van der Waals surface area contributed by atoms with Gasteiger partial charge in [-0.15, -0.1) is 11.3 Å². The molecule has 1 aromatic carbocycles. The second kappa shape index (κ2) is 3.92. The zero-order chi connectivity index (χ0) is 11.8. The molecule has 3 rings (SSSR count). The van der Waals surface area contributed by atoms with Crippen LogP contribution in [0.5, 0.6) is 0 Å². The molecule has 0 amide bonds. The Balaban J connectivity index is 2.17. The summed E-state index contributed by atoms with van der Waals surface area (Å²) in [6, 6.07) is 6.26. The molecule has 0 atom stereocenters. The number of hydrogen-bond acceptors (Lipinski definition) is 4. The van der Waals surface area contributed by atoms with Crippen molar-refractivity contribution in [3.05, 3.63) is 29.5 Å². The lowest BCUT2D eigenvalue weighted by molar-refractivity contribution is 0.666. The normalized spacial score (nSPS) is 11.2. The molecular weight excluding hydrogens is 232 g/mol. The van der Waals surface area contributed by atoms with Gasteiger partial charge in [0.1, 0.15) is 6.33 Å².